The van der Waals surface area contributed by atoms with Gasteiger partial charge in [0.25, 0.3) is 0 Å². The first-order chi connectivity index (χ1) is 11.9. The van der Waals surface area contributed by atoms with Gasteiger partial charge >= 0.3 is 6.09 Å². The lowest BCUT2D eigenvalue weighted by Crippen LogP contribution is -2.56. The third-order valence-corrected chi connectivity index (χ3v) is 4.58. The van der Waals surface area contributed by atoms with Gasteiger partial charge in [-0.1, -0.05) is 30.3 Å². The molecule has 0 spiro atoms. The minimum Gasteiger partial charge on any atom is -0.444 e. The zero-order chi connectivity index (χ0) is 19.7. The molecule has 0 saturated carbocycles. The van der Waals surface area contributed by atoms with E-state index >= 15 is 0 Å². The Morgan fingerprint density at radius 1 is 1.35 bits per heavy atom. The first kappa shape index (κ1) is 20.7. The molecule has 6 nitrogen and oxygen atoms in total. The van der Waals surface area contributed by atoms with Gasteiger partial charge < -0.3 is 14.7 Å². The second-order valence-electron chi connectivity index (χ2n) is 8.43. The highest BCUT2D eigenvalue weighted by atomic mass is 16.6. The van der Waals surface area contributed by atoms with Crippen LogP contribution in [0.25, 0.3) is 0 Å². The molecule has 1 fully saturated rings. The van der Waals surface area contributed by atoms with Crippen molar-refractivity contribution in [3.63, 3.8) is 0 Å². The van der Waals surface area contributed by atoms with E-state index in [1.54, 1.807) is 4.90 Å². The Balaban J connectivity index is 2.21. The summed E-state index contributed by atoms with van der Waals surface area (Å²) in [5.74, 6) is 0. The van der Waals surface area contributed by atoms with Crippen LogP contribution in [0.5, 0.6) is 0 Å². The minimum absolute atomic E-state index is 0.238. The van der Waals surface area contributed by atoms with Crippen molar-refractivity contribution in [2.45, 2.75) is 84.5 Å². The summed E-state index contributed by atoms with van der Waals surface area (Å²) >= 11 is 0. The Labute approximate surface area is 156 Å². The SMILES string of the molecule is C[C@H]1OC(C)(C)N(C(=O)OC(C)(C)C)[C@@H]1[C@H](C)N(O)Cc1ccccc1. The van der Waals surface area contributed by atoms with E-state index in [0.717, 1.165) is 5.56 Å². The van der Waals surface area contributed by atoms with Crippen LogP contribution < -0.4 is 0 Å². The van der Waals surface area contributed by atoms with Gasteiger partial charge in [-0.3, -0.25) is 4.90 Å². The molecule has 1 heterocycles. The molecule has 0 radical (unpaired) electrons. The van der Waals surface area contributed by atoms with Crippen molar-refractivity contribution in [1.82, 2.24) is 9.96 Å². The molecule has 0 bridgehead atoms. The van der Waals surface area contributed by atoms with Crippen LogP contribution in [0.1, 0.15) is 54.0 Å². The number of rotatable bonds is 4. The number of hydrogen-bond acceptors (Lipinski definition) is 5. The van der Waals surface area contributed by atoms with Gasteiger partial charge in [0.1, 0.15) is 11.3 Å². The molecule has 1 saturated heterocycles. The second kappa shape index (κ2) is 7.55. The largest absolute Gasteiger partial charge is 0.444 e. The van der Waals surface area contributed by atoms with Gasteiger partial charge in [-0.15, -0.1) is 0 Å². The Kier molecular flexibility index (Phi) is 6.00. The van der Waals surface area contributed by atoms with Crippen LogP contribution in [0, 0.1) is 0 Å². The van der Waals surface area contributed by atoms with Crippen LogP contribution in [0.2, 0.25) is 0 Å². The number of amides is 1. The van der Waals surface area contributed by atoms with Gasteiger partial charge in [0.15, 0.2) is 0 Å². The third-order valence-electron chi connectivity index (χ3n) is 4.58. The molecule has 0 aliphatic carbocycles. The Morgan fingerprint density at radius 3 is 2.46 bits per heavy atom. The maximum atomic E-state index is 12.8. The quantitative estimate of drug-likeness (QED) is 0.818. The molecule has 0 aromatic heterocycles. The summed E-state index contributed by atoms with van der Waals surface area (Å²) in [6, 6.07) is 9.05. The normalized spacial score (nSPS) is 24.0. The van der Waals surface area contributed by atoms with Crippen molar-refractivity contribution in [3.05, 3.63) is 35.9 Å². The highest BCUT2D eigenvalue weighted by molar-refractivity contribution is 5.70. The fourth-order valence-corrected chi connectivity index (χ4v) is 3.50. The molecule has 146 valence electrons. The predicted molar refractivity (Wildman–Crippen MR) is 99.7 cm³/mol. The average Bonchev–Trinajstić information content (AvgIpc) is 2.74. The number of hydrogen-bond donors (Lipinski definition) is 1. The van der Waals surface area contributed by atoms with Gasteiger partial charge in [-0.25, -0.2) is 4.79 Å². The molecule has 1 aliphatic rings. The van der Waals surface area contributed by atoms with Gasteiger partial charge in [0, 0.05) is 6.54 Å². The standard InChI is InChI=1S/C20H32N2O4/c1-14(21(24)13-16-11-9-8-10-12-16)17-15(2)25-20(6,7)22(17)18(23)26-19(3,4)5/h8-12,14-15,17,24H,13H2,1-7H3/t14-,15+,17+/m0/s1. The highest BCUT2D eigenvalue weighted by Crippen LogP contribution is 2.36. The Bertz CT molecular complexity index is 612. The molecule has 3 atom stereocenters. The highest BCUT2D eigenvalue weighted by Gasteiger charge is 2.52. The molecule has 1 aromatic rings. The molecular weight excluding hydrogens is 332 g/mol. The number of benzene rings is 1. The number of hydroxylamine groups is 2. The van der Waals surface area contributed by atoms with Crippen LogP contribution in [0.15, 0.2) is 30.3 Å². The lowest BCUT2D eigenvalue weighted by atomic mass is 10.0. The van der Waals surface area contributed by atoms with Crippen molar-refractivity contribution in [2.75, 3.05) is 0 Å². The average molecular weight is 364 g/mol. The minimum atomic E-state index is -0.811. The van der Waals surface area contributed by atoms with Crippen LogP contribution in [0.3, 0.4) is 0 Å². The van der Waals surface area contributed by atoms with Crippen molar-refractivity contribution >= 4 is 6.09 Å². The third kappa shape index (κ3) is 4.75. The first-order valence-electron chi connectivity index (χ1n) is 9.12. The molecule has 26 heavy (non-hydrogen) atoms. The molecular formula is C20H32N2O4. The smallest absolute Gasteiger partial charge is 0.412 e. The van der Waals surface area contributed by atoms with E-state index in [0.29, 0.717) is 6.54 Å². The molecule has 2 rings (SSSR count). The number of ether oxygens (including phenoxy) is 2. The van der Waals surface area contributed by atoms with Crippen molar-refractivity contribution in [1.29, 1.82) is 0 Å². The lowest BCUT2D eigenvalue weighted by Gasteiger charge is -2.39. The van der Waals surface area contributed by atoms with Crippen molar-refractivity contribution < 1.29 is 19.5 Å². The summed E-state index contributed by atoms with van der Waals surface area (Å²) in [6.45, 7) is 13.4. The summed E-state index contributed by atoms with van der Waals surface area (Å²) < 4.78 is 11.6. The van der Waals surface area contributed by atoms with Gasteiger partial charge in [-0.2, -0.15) is 5.06 Å². The van der Waals surface area contributed by atoms with E-state index < -0.39 is 17.4 Å². The summed E-state index contributed by atoms with van der Waals surface area (Å²) in [5, 5.41) is 11.9. The first-order valence-corrected chi connectivity index (χ1v) is 9.12. The zero-order valence-electron chi connectivity index (χ0n) is 16.9. The zero-order valence-corrected chi connectivity index (χ0v) is 16.9. The summed E-state index contributed by atoms with van der Waals surface area (Å²) in [6.07, 6.45) is -0.672. The molecule has 1 N–H and O–H groups in total. The van der Waals surface area contributed by atoms with Crippen molar-refractivity contribution in [3.8, 4) is 0 Å². The fourth-order valence-electron chi connectivity index (χ4n) is 3.50. The van der Waals surface area contributed by atoms with Crippen LogP contribution in [-0.4, -0.2) is 50.8 Å². The second-order valence-corrected chi connectivity index (χ2v) is 8.43. The Hall–Kier alpha value is -1.63. The van der Waals surface area contributed by atoms with E-state index in [2.05, 4.69) is 0 Å². The van der Waals surface area contributed by atoms with E-state index in [4.69, 9.17) is 9.47 Å². The van der Waals surface area contributed by atoms with Gasteiger partial charge in [-0.05, 0) is 54.0 Å². The fraction of sp³-hybridized carbons (Fsp3) is 0.650. The van der Waals surface area contributed by atoms with E-state index in [-0.39, 0.29) is 18.2 Å². The maximum absolute atomic E-state index is 12.8. The summed E-state index contributed by atoms with van der Waals surface area (Å²) in [5.41, 5.74) is -0.416. The predicted octanol–water partition coefficient (Wildman–Crippen LogP) is 4.03. The van der Waals surface area contributed by atoms with Crippen LogP contribution >= 0.6 is 0 Å². The van der Waals surface area contributed by atoms with E-state index in [1.165, 1.54) is 5.06 Å². The molecule has 1 aliphatic heterocycles. The van der Waals surface area contributed by atoms with E-state index in [9.17, 15) is 10.0 Å². The lowest BCUT2D eigenvalue weighted by molar-refractivity contribution is -0.148. The Morgan fingerprint density at radius 2 is 1.92 bits per heavy atom. The van der Waals surface area contributed by atoms with Crippen LogP contribution in [0.4, 0.5) is 4.79 Å². The van der Waals surface area contributed by atoms with Gasteiger partial charge in [0.05, 0.1) is 18.2 Å². The van der Waals surface area contributed by atoms with Gasteiger partial charge in [0.2, 0.25) is 0 Å². The number of nitrogens with zero attached hydrogens (tertiary/aromatic N) is 2. The molecule has 1 aromatic carbocycles. The topological polar surface area (TPSA) is 62.2 Å². The van der Waals surface area contributed by atoms with E-state index in [1.807, 2.05) is 78.8 Å². The summed E-state index contributed by atoms with van der Waals surface area (Å²) in [7, 11) is 0. The molecule has 0 unspecified atom stereocenters. The van der Waals surface area contributed by atoms with Crippen molar-refractivity contribution in [2.24, 2.45) is 0 Å². The number of carbonyl (C=O) groups excluding carboxylic acids is 1. The van der Waals surface area contributed by atoms with Crippen LogP contribution in [-0.2, 0) is 16.0 Å². The molecule has 6 heteroatoms. The number of carbonyl (C=O) groups is 1. The monoisotopic (exact) mass is 364 g/mol. The summed E-state index contributed by atoms with van der Waals surface area (Å²) in [4.78, 5) is 14.5. The molecule has 1 amide bonds. The maximum Gasteiger partial charge on any atom is 0.412 e.